The van der Waals surface area contributed by atoms with Crippen LogP contribution in [0.4, 0.5) is 21.8 Å². The standard InChI is InChI=1S/C12H10FN5/c1-7-6-16-12(15)18-11(7)17-9-2-3-10(13)8(4-9)5-14/h2-4,6H,1H3,(H3,15,16,17,18). The van der Waals surface area contributed by atoms with Gasteiger partial charge >= 0.3 is 0 Å². The maximum absolute atomic E-state index is 13.2. The summed E-state index contributed by atoms with van der Waals surface area (Å²) in [5, 5.41) is 11.7. The van der Waals surface area contributed by atoms with Crippen LogP contribution in [0.2, 0.25) is 0 Å². The second kappa shape index (κ2) is 4.67. The number of halogens is 1. The van der Waals surface area contributed by atoms with Crippen LogP contribution in [-0.4, -0.2) is 9.97 Å². The molecule has 90 valence electrons. The second-order valence-corrected chi connectivity index (χ2v) is 3.69. The SMILES string of the molecule is Cc1cnc(N)nc1Nc1ccc(F)c(C#N)c1. The van der Waals surface area contributed by atoms with Gasteiger partial charge in [0.1, 0.15) is 17.7 Å². The molecule has 2 rings (SSSR count). The van der Waals surface area contributed by atoms with Gasteiger partial charge in [0, 0.05) is 17.4 Å². The molecule has 0 spiro atoms. The summed E-state index contributed by atoms with van der Waals surface area (Å²) in [6.45, 7) is 1.82. The van der Waals surface area contributed by atoms with Gasteiger partial charge in [-0.1, -0.05) is 0 Å². The number of hydrogen-bond acceptors (Lipinski definition) is 5. The first-order chi connectivity index (χ1) is 8.60. The highest BCUT2D eigenvalue weighted by Crippen LogP contribution is 2.20. The molecule has 0 unspecified atom stereocenters. The van der Waals surface area contributed by atoms with Crippen LogP contribution in [0.5, 0.6) is 0 Å². The van der Waals surface area contributed by atoms with E-state index >= 15 is 0 Å². The number of hydrogen-bond donors (Lipinski definition) is 2. The number of nitrogen functional groups attached to an aromatic ring is 1. The molecule has 0 saturated carbocycles. The van der Waals surface area contributed by atoms with Crippen LogP contribution < -0.4 is 11.1 Å². The number of nitrogens with two attached hydrogens (primary N) is 1. The zero-order valence-electron chi connectivity index (χ0n) is 9.61. The quantitative estimate of drug-likeness (QED) is 0.843. The third kappa shape index (κ3) is 2.35. The summed E-state index contributed by atoms with van der Waals surface area (Å²) in [6.07, 6.45) is 1.58. The Morgan fingerprint density at radius 1 is 1.44 bits per heavy atom. The Balaban J connectivity index is 2.34. The third-order valence-electron chi connectivity index (χ3n) is 2.34. The molecule has 0 aliphatic rings. The van der Waals surface area contributed by atoms with E-state index in [-0.39, 0.29) is 11.5 Å². The third-order valence-corrected chi connectivity index (χ3v) is 2.34. The number of nitrogens with one attached hydrogen (secondary N) is 1. The number of nitriles is 1. The maximum Gasteiger partial charge on any atom is 0.221 e. The number of benzene rings is 1. The van der Waals surface area contributed by atoms with Gasteiger partial charge in [0.05, 0.1) is 5.56 Å². The summed E-state index contributed by atoms with van der Waals surface area (Å²) in [5.41, 5.74) is 6.82. The van der Waals surface area contributed by atoms with E-state index in [1.54, 1.807) is 12.3 Å². The molecule has 3 N–H and O–H groups in total. The van der Waals surface area contributed by atoms with E-state index in [1.165, 1.54) is 18.2 Å². The van der Waals surface area contributed by atoms with Gasteiger partial charge in [-0.2, -0.15) is 10.2 Å². The predicted molar refractivity (Wildman–Crippen MR) is 65.6 cm³/mol. The van der Waals surface area contributed by atoms with E-state index in [9.17, 15) is 4.39 Å². The summed E-state index contributed by atoms with van der Waals surface area (Å²) < 4.78 is 13.2. The molecule has 2 aromatic rings. The van der Waals surface area contributed by atoms with Crippen LogP contribution >= 0.6 is 0 Å². The highest BCUT2D eigenvalue weighted by Gasteiger charge is 2.06. The van der Waals surface area contributed by atoms with Crippen molar-refractivity contribution in [3.63, 3.8) is 0 Å². The summed E-state index contributed by atoms with van der Waals surface area (Å²) in [5.74, 6) is 0.116. The molecule has 0 aliphatic heterocycles. The number of rotatable bonds is 2. The normalized spacial score (nSPS) is 9.83. The molecule has 0 bridgehead atoms. The molecule has 0 aliphatic carbocycles. The van der Waals surface area contributed by atoms with E-state index in [4.69, 9.17) is 11.0 Å². The highest BCUT2D eigenvalue weighted by molar-refractivity contribution is 5.61. The van der Waals surface area contributed by atoms with Crippen molar-refractivity contribution in [3.8, 4) is 6.07 Å². The fraction of sp³-hybridized carbons (Fsp3) is 0.0833. The van der Waals surface area contributed by atoms with E-state index < -0.39 is 5.82 Å². The predicted octanol–water partition coefficient (Wildman–Crippen LogP) is 2.12. The lowest BCUT2D eigenvalue weighted by atomic mass is 10.2. The van der Waals surface area contributed by atoms with Crippen LogP contribution in [-0.2, 0) is 0 Å². The maximum atomic E-state index is 13.2. The average molecular weight is 243 g/mol. The Hall–Kier alpha value is -2.68. The van der Waals surface area contributed by atoms with Crippen molar-refractivity contribution >= 4 is 17.5 Å². The summed E-state index contributed by atoms with van der Waals surface area (Å²) in [4.78, 5) is 7.87. The van der Waals surface area contributed by atoms with Crippen LogP contribution in [0.3, 0.4) is 0 Å². The number of aromatic nitrogens is 2. The van der Waals surface area contributed by atoms with Gasteiger partial charge in [0.25, 0.3) is 0 Å². The fourth-order valence-corrected chi connectivity index (χ4v) is 1.41. The molecule has 5 nitrogen and oxygen atoms in total. The molecular formula is C12H10FN5. The molecule has 0 atom stereocenters. The van der Waals surface area contributed by atoms with Crippen molar-refractivity contribution in [2.75, 3.05) is 11.1 Å². The smallest absolute Gasteiger partial charge is 0.221 e. The Kier molecular flexibility index (Phi) is 3.06. The Bertz CT molecular complexity index is 633. The first-order valence-electron chi connectivity index (χ1n) is 5.16. The van der Waals surface area contributed by atoms with E-state index in [2.05, 4.69) is 15.3 Å². The molecule has 0 radical (unpaired) electrons. The molecule has 0 fully saturated rings. The summed E-state index contributed by atoms with van der Waals surface area (Å²) in [7, 11) is 0. The van der Waals surface area contributed by atoms with E-state index in [1.807, 2.05) is 6.92 Å². The molecule has 0 amide bonds. The van der Waals surface area contributed by atoms with Gasteiger partial charge in [0.2, 0.25) is 5.95 Å². The van der Waals surface area contributed by atoms with Crippen LogP contribution in [0.25, 0.3) is 0 Å². The zero-order valence-corrected chi connectivity index (χ0v) is 9.61. The Labute approximate surface area is 103 Å². The molecule has 6 heteroatoms. The molecule has 1 aromatic heterocycles. The van der Waals surface area contributed by atoms with Crippen molar-refractivity contribution in [1.29, 1.82) is 5.26 Å². The van der Waals surface area contributed by atoms with Crippen molar-refractivity contribution in [2.45, 2.75) is 6.92 Å². The van der Waals surface area contributed by atoms with Crippen molar-refractivity contribution in [1.82, 2.24) is 9.97 Å². The first-order valence-corrected chi connectivity index (χ1v) is 5.16. The molecule has 18 heavy (non-hydrogen) atoms. The second-order valence-electron chi connectivity index (χ2n) is 3.69. The van der Waals surface area contributed by atoms with Crippen molar-refractivity contribution in [2.24, 2.45) is 0 Å². The zero-order chi connectivity index (χ0) is 13.1. The Morgan fingerprint density at radius 2 is 2.22 bits per heavy atom. The van der Waals surface area contributed by atoms with E-state index in [0.29, 0.717) is 11.5 Å². The highest BCUT2D eigenvalue weighted by atomic mass is 19.1. The minimum absolute atomic E-state index is 0.0281. The van der Waals surface area contributed by atoms with Crippen LogP contribution in [0, 0.1) is 24.1 Å². The number of anilines is 3. The average Bonchev–Trinajstić information content (AvgIpc) is 2.36. The van der Waals surface area contributed by atoms with Crippen molar-refractivity contribution < 1.29 is 4.39 Å². The number of nitrogens with zero attached hydrogens (tertiary/aromatic N) is 3. The molecule has 1 heterocycles. The van der Waals surface area contributed by atoms with Gasteiger partial charge < -0.3 is 11.1 Å². The van der Waals surface area contributed by atoms with Gasteiger partial charge in [-0.15, -0.1) is 0 Å². The minimum atomic E-state index is -0.554. The van der Waals surface area contributed by atoms with Gasteiger partial charge in [-0.25, -0.2) is 9.37 Å². The largest absolute Gasteiger partial charge is 0.368 e. The lowest BCUT2D eigenvalue weighted by molar-refractivity contribution is 0.624. The first kappa shape index (κ1) is 11.8. The van der Waals surface area contributed by atoms with Gasteiger partial charge in [0.15, 0.2) is 0 Å². The number of aryl methyl sites for hydroxylation is 1. The summed E-state index contributed by atoms with van der Waals surface area (Å²) >= 11 is 0. The van der Waals surface area contributed by atoms with Crippen LogP contribution in [0.15, 0.2) is 24.4 Å². The van der Waals surface area contributed by atoms with Crippen LogP contribution in [0.1, 0.15) is 11.1 Å². The minimum Gasteiger partial charge on any atom is -0.368 e. The lowest BCUT2D eigenvalue weighted by Crippen LogP contribution is -2.02. The molecule has 0 saturated heterocycles. The van der Waals surface area contributed by atoms with Gasteiger partial charge in [-0.05, 0) is 25.1 Å². The summed E-state index contributed by atoms with van der Waals surface area (Å²) in [6, 6.07) is 5.93. The van der Waals surface area contributed by atoms with Crippen molar-refractivity contribution in [3.05, 3.63) is 41.3 Å². The molecular weight excluding hydrogens is 233 g/mol. The topological polar surface area (TPSA) is 87.6 Å². The van der Waals surface area contributed by atoms with E-state index in [0.717, 1.165) is 5.56 Å². The Morgan fingerprint density at radius 3 is 2.94 bits per heavy atom. The fourth-order valence-electron chi connectivity index (χ4n) is 1.41. The van der Waals surface area contributed by atoms with Gasteiger partial charge in [-0.3, -0.25) is 0 Å². The molecule has 1 aromatic carbocycles. The lowest BCUT2D eigenvalue weighted by Gasteiger charge is -2.08. The monoisotopic (exact) mass is 243 g/mol.